The minimum Gasteiger partial charge on any atom is -0.497 e. The smallest absolute Gasteiger partial charge is 0.323 e. The van der Waals surface area contributed by atoms with Crippen molar-refractivity contribution >= 4 is 44.7 Å². The van der Waals surface area contributed by atoms with Crippen LogP contribution >= 0.6 is 11.3 Å². The van der Waals surface area contributed by atoms with Crippen molar-refractivity contribution in [3.63, 3.8) is 0 Å². The minimum absolute atomic E-state index is 0.366. The van der Waals surface area contributed by atoms with Crippen LogP contribution in [0.3, 0.4) is 0 Å². The molecule has 4 N–H and O–H groups in total. The highest BCUT2D eigenvalue weighted by Gasteiger charge is 2.09. The second-order valence-electron chi connectivity index (χ2n) is 5.04. The average Bonchev–Trinajstić information content (AvgIpc) is 2.98. The molecule has 1 aromatic heterocycles. The molecular weight excluding hydrogens is 326 g/mol. The largest absolute Gasteiger partial charge is 0.497 e. The molecule has 2 aromatic carbocycles. The van der Waals surface area contributed by atoms with Crippen LogP contribution < -0.4 is 21.1 Å². The molecule has 24 heavy (non-hydrogen) atoms. The van der Waals surface area contributed by atoms with E-state index in [4.69, 9.17) is 10.5 Å². The summed E-state index contributed by atoms with van der Waals surface area (Å²) in [5, 5.41) is 6.40. The summed E-state index contributed by atoms with van der Waals surface area (Å²) < 4.78 is 5.99. The lowest BCUT2D eigenvalue weighted by Crippen LogP contribution is -2.19. The molecule has 0 atom stereocenters. The van der Waals surface area contributed by atoms with Crippen LogP contribution in [0.15, 0.2) is 48.5 Å². The number of methoxy groups -OCH3 is 1. The predicted molar refractivity (Wildman–Crippen MR) is 96.0 cm³/mol. The number of nitrogens with two attached hydrogens (primary N) is 1. The second kappa shape index (κ2) is 6.59. The molecule has 0 saturated carbocycles. The molecule has 6 nitrogen and oxygen atoms in total. The number of carbonyl (C=O) groups is 2. The van der Waals surface area contributed by atoms with Crippen LogP contribution in [-0.2, 0) is 0 Å². The zero-order chi connectivity index (χ0) is 17.1. The first-order chi connectivity index (χ1) is 11.5. The topological polar surface area (TPSA) is 93.4 Å². The molecule has 3 rings (SSSR count). The van der Waals surface area contributed by atoms with Gasteiger partial charge in [0.2, 0.25) is 0 Å². The fourth-order valence-corrected chi connectivity index (χ4v) is 3.18. The third-order valence-electron chi connectivity index (χ3n) is 3.35. The van der Waals surface area contributed by atoms with E-state index >= 15 is 0 Å². The molecule has 0 fully saturated rings. The van der Waals surface area contributed by atoms with Crippen LogP contribution in [0.2, 0.25) is 0 Å². The van der Waals surface area contributed by atoms with Crippen LogP contribution in [0, 0.1) is 0 Å². The van der Waals surface area contributed by atoms with Crippen molar-refractivity contribution < 1.29 is 14.3 Å². The maximum Gasteiger partial charge on any atom is 0.323 e. The van der Waals surface area contributed by atoms with E-state index in [1.54, 1.807) is 49.6 Å². The lowest BCUT2D eigenvalue weighted by molar-refractivity contribution is 0.100. The Kier molecular flexibility index (Phi) is 4.35. The summed E-state index contributed by atoms with van der Waals surface area (Å²) >= 11 is 1.29. The Labute approximate surface area is 142 Å². The van der Waals surface area contributed by atoms with Gasteiger partial charge >= 0.3 is 6.03 Å². The van der Waals surface area contributed by atoms with E-state index in [1.807, 2.05) is 6.07 Å². The summed E-state index contributed by atoms with van der Waals surface area (Å²) in [4.78, 5) is 23.8. The van der Waals surface area contributed by atoms with Crippen molar-refractivity contribution in [3.8, 4) is 5.75 Å². The van der Waals surface area contributed by atoms with E-state index in [9.17, 15) is 9.59 Å². The fraction of sp³-hybridized carbons (Fsp3) is 0.0588. The van der Waals surface area contributed by atoms with Crippen molar-refractivity contribution in [3.05, 3.63) is 53.4 Å². The van der Waals surface area contributed by atoms with Gasteiger partial charge in [0.05, 0.1) is 12.0 Å². The quantitative estimate of drug-likeness (QED) is 0.676. The Balaban J connectivity index is 1.73. The van der Waals surface area contributed by atoms with Crippen molar-refractivity contribution in [2.75, 3.05) is 17.7 Å². The number of hydrogen-bond donors (Lipinski definition) is 3. The molecule has 0 spiro atoms. The summed E-state index contributed by atoms with van der Waals surface area (Å²) in [5.74, 6) is 0.202. The normalized spacial score (nSPS) is 10.4. The third-order valence-corrected chi connectivity index (χ3v) is 4.46. The fourth-order valence-electron chi connectivity index (χ4n) is 2.22. The van der Waals surface area contributed by atoms with Crippen molar-refractivity contribution in [2.24, 2.45) is 5.73 Å². The number of primary amides is 1. The van der Waals surface area contributed by atoms with E-state index < -0.39 is 5.91 Å². The highest BCUT2D eigenvalue weighted by atomic mass is 32.1. The Morgan fingerprint density at radius 2 is 1.79 bits per heavy atom. The van der Waals surface area contributed by atoms with Gasteiger partial charge in [-0.05, 0) is 35.7 Å². The van der Waals surface area contributed by atoms with Crippen LogP contribution in [-0.4, -0.2) is 19.0 Å². The van der Waals surface area contributed by atoms with Gasteiger partial charge in [0, 0.05) is 22.1 Å². The van der Waals surface area contributed by atoms with Crippen molar-refractivity contribution in [1.82, 2.24) is 0 Å². The number of rotatable bonds is 4. The van der Waals surface area contributed by atoms with Gasteiger partial charge in [-0.2, -0.15) is 0 Å². The van der Waals surface area contributed by atoms with Gasteiger partial charge in [0.1, 0.15) is 5.75 Å². The van der Waals surface area contributed by atoms with Crippen LogP contribution in [0.1, 0.15) is 9.67 Å². The van der Waals surface area contributed by atoms with Crippen molar-refractivity contribution in [2.45, 2.75) is 0 Å². The van der Waals surface area contributed by atoms with Crippen LogP contribution in [0.25, 0.3) is 10.1 Å². The predicted octanol–water partition coefficient (Wildman–Crippen LogP) is 3.65. The number of amides is 3. The molecule has 0 aliphatic heterocycles. The molecule has 122 valence electrons. The summed E-state index contributed by atoms with van der Waals surface area (Å²) in [7, 11) is 1.57. The number of anilines is 2. The summed E-state index contributed by atoms with van der Waals surface area (Å²) in [6.07, 6.45) is 0. The number of fused-ring (bicyclic) bond motifs is 1. The van der Waals surface area contributed by atoms with Gasteiger partial charge in [-0.1, -0.05) is 12.1 Å². The summed E-state index contributed by atoms with van der Waals surface area (Å²) in [6, 6.07) is 13.9. The molecule has 0 saturated heterocycles. The molecule has 0 bridgehead atoms. The molecule has 0 aliphatic carbocycles. The van der Waals surface area contributed by atoms with Gasteiger partial charge in [0.25, 0.3) is 5.91 Å². The standard InChI is InChI=1S/C17H15N3O3S/c1-23-13-4-2-3-11(8-13)19-17(22)20-12-6-5-10-7-15(16(18)21)24-14(10)9-12/h2-9H,1H3,(H2,18,21)(H2,19,20,22). The number of hydrogen-bond acceptors (Lipinski definition) is 4. The molecule has 3 amide bonds. The highest BCUT2D eigenvalue weighted by molar-refractivity contribution is 7.20. The highest BCUT2D eigenvalue weighted by Crippen LogP contribution is 2.28. The lowest BCUT2D eigenvalue weighted by Gasteiger charge is -2.08. The van der Waals surface area contributed by atoms with Crippen LogP contribution in [0.4, 0.5) is 16.2 Å². The van der Waals surface area contributed by atoms with E-state index in [-0.39, 0.29) is 6.03 Å². The molecule has 0 aliphatic rings. The first-order valence-corrected chi connectivity index (χ1v) is 7.92. The number of urea groups is 1. The van der Waals surface area contributed by atoms with Gasteiger partial charge in [0.15, 0.2) is 0 Å². The Bertz CT molecular complexity index is 920. The summed E-state index contributed by atoms with van der Waals surface area (Å²) in [6.45, 7) is 0. The Morgan fingerprint density at radius 1 is 1.04 bits per heavy atom. The van der Waals surface area contributed by atoms with Crippen LogP contribution in [0.5, 0.6) is 5.75 Å². The van der Waals surface area contributed by atoms with Gasteiger partial charge < -0.3 is 21.1 Å². The van der Waals surface area contributed by atoms with E-state index in [0.717, 1.165) is 10.1 Å². The molecule has 3 aromatic rings. The van der Waals surface area contributed by atoms with E-state index in [0.29, 0.717) is 22.0 Å². The zero-order valence-electron chi connectivity index (χ0n) is 12.8. The number of carbonyl (C=O) groups excluding carboxylic acids is 2. The monoisotopic (exact) mass is 341 g/mol. The Morgan fingerprint density at radius 3 is 2.50 bits per heavy atom. The molecule has 0 unspecified atom stereocenters. The summed E-state index contributed by atoms with van der Waals surface area (Å²) in [5.41, 5.74) is 6.54. The van der Waals surface area contributed by atoms with Gasteiger partial charge in [-0.3, -0.25) is 4.79 Å². The van der Waals surface area contributed by atoms with Crippen molar-refractivity contribution in [1.29, 1.82) is 0 Å². The second-order valence-corrected chi connectivity index (χ2v) is 6.12. The first kappa shape index (κ1) is 15.8. The van der Waals surface area contributed by atoms with E-state index in [2.05, 4.69) is 10.6 Å². The lowest BCUT2D eigenvalue weighted by atomic mass is 10.2. The number of benzene rings is 2. The number of nitrogens with one attached hydrogen (secondary N) is 2. The Hall–Kier alpha value is -3.06. The maximum atomic E-state index is 12.1. The van der Waals surface area contributed by atoms with E-state index in [1.165, 1.54) is 11.3 Å². The SMILES string of the molecule is COc1cccc(NC(=O)Nc2ccc3cc(C(N)=O)sc3c2)c1. The molecule has 0 radical (unpaired) electrons. The molecular formula is C17H15N3O3S. The average molecular weight is 341 g/mol. The zero-order valence-corrected chi connectivity index (χ0v) is 13.6. The van der Waals surface area contributed by atoms with Gasteiger partial charge in [-0.15, -0.1) is 11.3 Å². The minimum atomic E-state index is -0.457. The molecule has 7 heteroatoms. The number of ether oxygens (including phenoxy) is 1. The molecule has 1 heterocycles. The maximum absolute atomic E-state index is 12.1. The van der Waals surface area contributed by atoms with Gasteiger partial charge in [-0.25, -0.2) is 4.79 Å². The third kappa shape index (κ3) is 3.47. The number of thiophene rings is 1. The first-order valence-electron chi connectivity index (χ1n) is 7.10.